The van der Waals surface area contributed by atoms with Crippen LogP contribution in [0.25, 0.3) is 0 Å². The van der Waals surface area contributed by atoms with Crippen LogP contribution in [-0.4, -0.2) is 18.2 Å². The van der Waals surface area contributed by atoms with Crippen molar-refractivity contribution in [3.05, 3.63) is 24.0 Å². The highest BCUT2D eigenvalue weighted by molar-refractivity contribution is 7.99. The first-order valence-electron chi connectivity index (χ1n) is 4.52. The molecule has 5 heteroatoms. The molecule has 1 amide bonds. The molecule has 0 unspecified atom stereocenters. The summed E-state index contributed by atoms with van der Waals surface area (Å²) in [6.45, 7) is 2.04. The molecule has 82 valence electrons. The number of carbonyl (C=O) groups is 1. The monoisotopic (exact) mass is 228 g/mol. The Hall–Kier alpha value is -1.23. The van der Waals surface area contributed by atoms with Crippen LogP contribution >= 0.6 is 11.8 Å². The molecule has 1 aromatic carbocycles. The van der Waals surface area contributed by atoms with Gasteiger partial charge in [0.1, 0.15) is 5.82 Å². The summed E-state index contributed by atoms with van der Waals surface area (Å²) < 4.78 is 13.0. The maximum Gasteiger partial charge on any atom is 0.216 e. The zero-order valence-corrected chi connectivity index (χ0v) is 9.23. The van der Waals surface area contributed by atoms with Crippen molar-refractivity contribution in [3.8, 4) is 0 Å². The van der Waals surface area contributed by atoms with Gasteiger partial charge in [0.15, 0.2) is 0 Å². The van der Waals surface area contributed by atoms with Crippen molar-refractivity contribution in [2.75, 3.05) is 18.0 Å². The van der Waals surface area contributed by atoms with E-state index >= 15 is 0 Å². The predicted molar refractivity (Wildman–Crippen MR) is 60.2 cm³/mol. The van der Waals surface area contributed by atoms with Gasteiger partial charge in [-0.25, -0.2) is 4.39 Å². The minimum absolute atomic E-state index is 0.0564. The highest BCUT2D eigenvalue weighted by Gasteiger charge is 2.00. The second kappa shape index (κ2) is 5.60. The van der Waals surface area contributed by atoms with E-state index < -0.39 is 5.82 Å². The number of nitrogens with one attached hydrogen (secondary N) is 1. The fraction of sp³-hybridized carbons (Fsp3) is 0.300. The Kier molecular flexibility index (Phi) is 4.42. The minimum atomic E-state index is -0.403. The van der Waals surface area contributed by atoms with Crippen LogP contribution in [0.15, 0.2) is 23.1 Å². The first-order valence-corrected chi connectivity index (χ1v) is 5.50. The zero-order chi connectivity index (χ0) is 11.3. The number of nitrogen functional groups attached to an aromatic ring is 1. The highest BCUT2D eigenvalue weighted by Crippen LogP contribution is 2.21. The van der Waals surface area contributed by atoms with Crippen molar-refractivity contribution in [3.63, 3.8) is 0 Å². The zero-order valence-electron chi connectivity index (χ0n) is 8.42. The summed E-state index contributed by atoms with van der Waals surface area (Å²) in [4.78, 5) is 11.4. The van der Waals surface area contributed by atoms with Crippen LogP contribution < -0.4 is 11.1 Å². The van der Waals surface area contributed by atoms with Crippen molar-refractivity contribution in [2.45, 2.75) is 11.8 Å². The number of benzene rings is 1. The van der Waals surface area contributed by atoms with E-state index in [2.05, 4.69) is 5.32 Å². The maximum absolute atomic E-state index is 13.0. The number of hydrogen-bond acceptors (Lipinski definition) is 3. The van der Waals surface area contributed by atoms with Crippen molar-refractivity contribution < 1.29 is 9.18 Å². The first-order chi connectivity index (χ1) is 7.09. The van der Waals surface area contributed by atoms with Gasteiger partial charge in [-0.05, 0) is 18.2 Å². The van der Waals surface area contributed by atoms with Crippen LogP contribution in [0.2, 0.25) is 0 Å². The standard InChI is InChI=1S/C10H13FN2OS/c1-7(14)13-4-5-15-8-2-3-10(12)9(11)6-8/h2-3,6H,4-5,12H2,1H3,(H,13,14). The lowest BCUT2D eigenvalue weighted by molar-refractivity contribution is -0.118. The average molecular weight is 228 g/mol. The first kappa shape index (κ1) is 11.8. The number of hydrogen-bond donors (Lipinski definition) is 2. The number of amides is 1. The molecule has 0 radical (unpaired) electrons. The summed E-state index contributed by atoms with van der Waals surface area (Å²) in [7, 11) is 0. The van der Waals surface area contributed by atoms with Crippen LogP contribution in [0.4, 0.5) is 10.1 Å². The summed E-state index contributed by atoms with van der Waals surface area (Å²) >= 11 is 1.47. The van der Waals surface area contributed by atoms with E-state index in [9.17, 15) is 9.18 Å². The SMILES string of the molecule is CC(=O)NCCSc1ccc(N)c(F)c1. The van der Waals surface area contributed by atoms with Crippen LogP contribution in [0.3, 0.4) is 0 Å². The molecule has 1 rings (SSSR count). The molecular formula is C10H13FN2OS. The normalized spacial score (nSPS) is 10.0. The lowest BCUT2D eigenvalue weighted by Crippen LogP contribution is -2.22. The van der Waals surface area contributed by atoms with Gasteiger partial charge >= 0.3 is 0 Å². The van der Waals surface area contributed by atoms with E-state index in [-0.39, 0.29) is 11.6 Å². The third-order valence-corrected chi connectivity index (χ3v) is 2.71. The highest BCUT2D eigenvalue weighted by atomic mass is 32.2. The molecule has 0 atom stereocenters. The summed E-state index contributed by atoms with van der Waals surface area (Å²) in [5, 5.41) is 2.66. The quantitative estimate of drug-likeness (QED) is 0.468. The molecule has 0 heterocycles. The Morgan fingerprint density at radius 1 is 1.60 bits per heavy atom. The number of thioether (sulfide) groups is 1. The molecule has 0 bridgehead atoms. The van der Waals surface area contributed by atoms with Crippen LogP contribution in [0.1, 0.15) is 6.92 Å². The number of carbonyl (C=O) groups excluding carboxylic acids is 1. The van der Waals surface area contributed by atoms with Gasteiger partial charge in [0.05, 0.1) is 5.69 Å². The molecule has 0 spiro atoms. The molecule has 0 aliphatic heterocycles. The summed E-state index contributed by atoms with van der Waals surface area (Å²) in [6.07, 6.45) is 0. The average Bonchev–Trinajstić information content (AvgIpc) is 2.18. The van der Waals surface area contributed by atoms with E-state index in [1.165, 1.54) is 30.8 Å². The molecule has 0 saturated carbocycles. The van der Waals surface area contributed by atoms with E-state index in [1.807, 2.05) is 0 Å². The molecular weight excluding hydrogens is 215 g/mol. The number of anilines is 1. The second-order valence-corrected chi connectivity index (χ2v) is 4.18. The van der Waals surface area contributed by atoms with Gasteiger partial charge in [-0.3, -0.25) is 4.79 Å². The number of nitrogens with two attached hydrogens (primary N) is 1. The summed E-state index contributed by atoms with van der Waals surface area (Å²) in [5.74, 6) is 0.252. The van der Waals surface area contributed by atoms with Gasteiger partial charge in [0.25, 0.3) is 0 Å². The Morgan fingerprint density at radius 3 is 2.93 bits per heavy atom. The molecule has 3 N–H and O–H groups in total. The Bertz CT molecular complexity index is 357. The van der Waals surface area contributed by atoms with E-state index in [0.29, 0.717) is 12.3 Å². The van der Waals surface area contributed by atoms with Gasteiger partial charge < -0.3 is 11.1 Å². The summed E-state index contributed by atoms with van der Waals surface area (Å²) in [6, 6.07) is 4.70. The fourth-order valence-electron chi connectivity index (χ4n) is 0.994. The second-order valence-electron chi connectivity index (χ2n) is 3.01. The smallest absolute Gasteiger partial charge is 0.216 e. The van der Waals surface area contributed by atoms with Crippen LogP contribution in [0.5, 0.6) is 0 Å². The number of halogens is 1. The van der Waals surface area contributed by atoms with Gasteiger partial charge in [-0.1, -0.05) is 0 Å². The van der Waals surface area contributed by atoms with E-state index in [1.54, 1.807) is 6.07 Å². The van der Waals surface area contributed by atoms with Crippen LogP contribution in [-0.2, 0) is 4.79 Å². The third-order valence-electron chi connectivity index (χ3n) is 1.72. The lowest BCUT2D eigenvalue weighted by Gasteiger charge is -2.03. The van der Waals surface area contributed by atoms with Gasteiger partial charge in [-0.15, -0.1) is 11.8 Å². The molecule has 3 nitrogen and oxygen atoms in total. The molecule has 0 aromatic heterocycles. The minimum Gasteiger partial charge on any atom is -0.396 e. The molecule has 0 aliphatic carbocycles. The molecule has 0 fully saturated rings. The third kappa shape index (κ3) is 4.20. The molecule has 0 aliphatic rings. The van der Waals surface area contributed by atoms with Gasteiger partial charge in [0.2, 0.25) is 5.91 Å². The van der Waals surface area contributed by atoms with Crippen molar-refractivity contribution >= 4 is 23.4 Å². The molecule has 1 aromatic rings. The van der Waals surface area contributed by atoms with E-state index in [0.717, 1.165) is 4.90 Å². The van der Waals surface area contributed by atoms with Crippen molar-refractivity contribution in [2.24, 2.45) is 0 Å². The largest absolute Gasteiger partial charge is 0.396 e. The molecule has 15 heavy (non-hydrogen) atoms. The van der Waals surface area contributed by atoms with Gasteiger partial charge in [0, 0.05) is 24.1 Å². The van der Waals surface area contributed by atoms with Gasteiger partial charge in [-0.2, -0.15) is 0 Å². The number of rotatable bonds is 4. The Labute approximate surface area is 92.2 Å². The lowest BCUT2D eigenvalue weighted by atomic mass is 10.3. The predicted octanol–water partition coefficient (Wildman–Crippen LogP) is 1.64. The fourth-order valence-corrected chi connectivity index (χ4v) is 1.78. The molecule has 0 saturated heterocycles. The topological polar surface area (TPSA) is 55.1 Å². The van der Waals surface area contributed by atoms with E-state index in [4.69, 9.17) is 5.73 Å². The summed E-state index contributed by atoms with van der Waals surface area (Å²) in [5.41, 5.74) is 5.50. The van der Waals surface area contributed by atoms with Crippen molar-refractivity contribution in [1.82, 2.24) is 5.32 Å². The maximum atomic E-state index is 13.0. The Morgan fingerprint density at radius 2 is 2.33 bits per heavy atom. The van der Waals surface area contributed by atoms with Crippen LogP contribution in [0, 0.1) is 5.82 Å². The van der Waals surface area contributed by atoms with Crippen molar-refractivity contribution in [1.29, 1.82) is 0 Å². The Balaban J connectivity index is 2.38.